The molecule has 0 aliphatic carbocycles. The van der Waals surface area contributed by atoms with Crippen LogP contribution in [0.3, 0.4) is 0 Å². The van der Waals surface area contributed by atoms with Crippen molar-refractivity contribution >= 4 is 29.1 Å². The molecule has 3 heterocycles. The third-order valence-electron chi connectivity index (χ3n) is 5.04. The zero-order valence-corrected chi connectivity index (χ0v) is 18.3. The number of pyridine rings is 1. The summed E-state index contributed by atoms with van der Waals surface area (Å²) in [5.74, 6) is 3.07. The zero-order chi connectivity index (χ0) is 21.5. The first-order chi connectivity index (χ1) is 15.2. The number of aromatic nitrogens is 3. The van der Waals surface area contributed by atoms with Gasteiger partial charge in [0.15, 0.2) is 5.11 Å². The van der Waals surface area contributed by atoms with Crippen molar-refractivity contribution in [3.8, 4) is 11.6 Å². The topological polar surface area (TPSA) is 75.2 Å². The van der Waals surface area contributed by atoms with Crippen LogP contribution in [0.1, 0.15) is 25.3 Å². The van der Waals surface area contributed by atoms with Crippen molar-refractivity contribution in [2.45, 2.75) is 26.3 Å². The molecule has 160 valence electrons. The van der Waals surface area contributed by atoms with Crippen molar-refractivity contribution in [2.75, 3.05) is 23.3 Å². The number of hydrogen-bond donors (Lipinski definition) is 2. The Morgan fingerprint density at radius 2 is 2.06 bits per heavy atom. The highest BCUT2D eigenvalue weighted by atomic mass is 32.1. The second-order valence-electron chi connectivity index (χ2n) is 7.67. The van der Waals surface area contributed by atoms with Gasteiger partial charge in [-0.3, -0.25) is 4.98 Å². The van der Waals surface area contributed by atoms with Crippen LogP contribution in [0.15, 0.2) is 60.9 Å². The molecule has 7 nitrogen and oxygen atoms in total. The van der Waals surface area contributed by atoms with Crippen LogP contribution in [0.5, 0.6) is 11.6 Å². The van der Waals surface area contributed by atoms with E-state index < -0.39 is 0 Å². The molecule has 1 fully saturated rings. The normalized spacial score (nSPS) is 15.9. The summed E-state index contributed by atoms with van der Waals surface area (Å²) in [6, 6.07) is 15.4. The Kier molecular flexibility index (Phi) is 6.89. The number of rotatable bonds is 6. The number of para-hydroxylation sites is 1. The molecular formula is C23H26N6OS. The molecule has 2 N–H and O–H groups in total. The number of anilines is 2. The highest BCUT2D eigenvalue weighted by Gasteiger charge is 2.20. The molecule has 1 atom stereocenters. The minimum absolute atomic E-state index is 0.408. The number of nitrogens with zero attached hydrogens (tertiary/aromatic N) is 4. The molecule has 4 rings (SSSR count). The summed E-state index contributed by atoms with van der Waals surface area (Å²) >= 11 is 5.45. The first-order valence-corrected chi connectivity index (χ1v) is 10.9. The molecule has 8 heteroatoms. The van der Waals surface area contributed by atoms with Gasteiger partial charge in [0.05, 0.1) is 0 Å². The van der Waals surface area contributed by atoms with Gasteiger partial charge in [-0.1, -0.05) is 31.2 Å². The Labute approximate surface area is 187 Å². The number of nitrogens with one attached hydrogen (secondary N) is 2. The number of ether oxygens (including phenoxy) is 1. The van der Waals surface area contributed by atoms with Crippen LogP contribution in [-0.4, -0.2) is 33.2 Å². The maximum atomic E-state index is 6.00. The van der Waals surface area contributed by atoms with E-state index >= 15 is 0 Å². The Morgan fingerprint density at radius 1 is 1.19 bits per heavy atom. The minimum atomic E-state index is 0.408. The average Bonchev–Trinajstić information content (AvgIpc) is 2.79. The summed E-state index contributed by atoms with van der Waals surface area (Å²) in [4.78, 5) is 15.6. The van der Waals surface area contributed by atoms with Crippen molar-refractivity contribution in [3.63, 3.8) is 0 Å². The number of hydrogen-bond acceptors (Lipinski definition) is 6. The van der Waals surface area contributed by atoms with E-state index in [1.807, 2.05) is 48.5 Å². The van der Waals surface area contributed by atoms with Crippen LogP contribution in [0, 0.1) is 5.92 Å². The Bertz CT molecular complexity index is 1000. The van der Waals surface area contributed by atoms with Gasteiger partial charge in [-0.25, -0.2) is 0 Å². The predicted molar refractivity (Wildman–Crippen MR) is 126 cm³/mol. The predicted octanol–water partition coefficient (Wildman–Crippen LogP) is 4.39. The third kappa shape index (κ3) is 6.11. The van der Waals surface area contributed by atoms with Crippen molar-refractivity contribution in [1.82, 2.24) is 20.3 Å². The van der Waals surface area contributed by atoms with Crippen LogP contribution >= 0.6 is 12.2 Å². The van der Waals surface area contributed by atoms with Crippen LogP contribution in [0.2, 0.25) is 0 Å². The summed E-state index contributed by atoms with van der Waals surface area (Å²) in [5, 5.41) is 6.71. The van der Waals surface area contributed by atoms with Gasteiger partial charge < -0.3 is 20.3 Å². The fraction of sp³-hybridized carbons (Fsp3) is 0.304. The highest BCUT2D eigenvalue weighted by Crippen LogP contribution is 2.27. The van der Waals surface area contributed by atoms with Crippen LogP contribution in [0.25, 0.3) is 0 Å². The second-order valence-corrected chi connectivity index (χ2v) is 8.07. The molecule has 31 heavy (non-hydrogen) atoms. The maximum absolute atomic E-state index is 6.00. The van der Waals surface area contributed by atoms with Gasteiger partial charge in [-0.05, 0) is 54.7 Å². The summed E-state index contributed by atoms with van der Waals surface area (Å²) < 4.78 is 6.00. The summed E-state index contributed by atoms with van der Waals surface area (Å²) in [7, 11) is 0. The van der Waals surface area contributed by atoms with E-state index in [9.17, 15) is 0 Å². The second kappa shape index (κ2) is 10.2. The van der Waals surface area contributed by atoms with Crippen molar-refractivity contribution < 1.29 is 4.74 Å². The van der Waals surface area contributed by atoms with Gasteiger partial charge >= 0.3 is 0 Å². The van der Waals surface area contributed by atoms with Crippen molar-refractivity contribution in [3.05, 3.63) is 66.5 Å². The molecule has 1 unspecified atom stereocenters. The molecule has 0 saturated carbocycles. The van der Waals surface area contributed by atoms with E-state index in [2.05, 4.69) is 32.4 Å². The first-order valence-electron chi connectivity index (χ1n) is 10.5. The summed E-state index contributed by atoms with van der Waals surface area (Å²) in [6.45, 7) is 4.77. The van der Waals surface area contributed by atoms with Crippen molar-refractivity contribution in [2.24, 2.45) is 5.92 Å². The fourth-order valence-corrected chi connectivity index (χ4v) is 3.68. The van der Waals surface area contributed by atoms with E-state index in [1.54, 1.807) is 12.4 Å². The SMILES string of the molecule is CC1CCCN(c2cc(Oc3ccccc3)nc(NC(=S)NCc3cccnc3)n2)C1. The molecule has 0 amide bonds. The molecule has 0 spiro atoms. The van der Waals surface area contributed by atoms with Crippen LogP contribution in [-0.2, 0) is 6.54 Å². The molecule has 0 radical (unpaired) electrons. The fourth-order valence-electron chi connectivity index (χ4n) is 3.52. The van der Waals surface area contributed by atoms with E-state index in [-0.39, 0.29) is 0 Å². The Morgan fingerprint density at radius 3 is 2.84 bits per heavy atom. The molecule has 2 aromatic heterocycles. The molecule has 3 aromatic rings. The molecule has 0 bridgehead atoms. The lowest BCUT2D eigenvalue weighted by atomic mass is 10.0. The van der Waals surface area contributed by atoms with Crippen LogP contribution < -0.4 is 20.3 Å². The minimum Gasteiger partial charge on any atom is -0.439 e. The van der Waals surface area contributed by atoms with Gasteiger partial charge in [0.1, 0.15) is 11.6 Å². The third-order valence-corrected chi connectivity index (χ3v) is 5.28. The number of benzene rings is 1. The Balaban J connectivity index is 1.51. The van der Waals surface area contributed by atoms with Crippen LogP contribution in [0.4, 0.5) is 11.8 Å². The molecule has 1 aliphatic rings. The van der Waals surface area contributed by atoms with Gasteiger partial charge in [-0.15, -0.1) is 0 Å². The lowest BCUT2D eigenvalue weighted by Crippen LogP contribution is -2.35. The standard InChI is InChI=1S/C23H26N6OS/c1-17-7-6-12-29(16-17)20-13-21(30-19-9-3-2-4-10-19)27-22(26-20)28-23(31)25-15-18-8-5-11-24-14-18/h2-5,8-11,13-14,17H,6-7,12,15-16H2,1H3,(H2,25,26,27,28,31). The monoisotopic (exact) mass is 434 g/mol. The number of piperidine rings is 1. The molecular weight excluding hydrogens is 408 g/mol. The smallest absolute Gasteiger partial charge is 0.234 e. The first kappa shape index (κ1) is 21.0. The molecule has 1 saturated heterocycles. The van der Waals surface area contributed by atoms with Gasteiger partial charge in [-0.2, -0.15) is 9.97 Å². The van der Waals surface area contributed by atoms with Crippen molar-refractivity contribution in [1.29, 1.82) is 0 Å². The van der Waals surface area contributed by atoms with E-state index in [1.165, 1.54) is 6.42 Å². The maximum Gasteiger partial charge on any atom is 0.234 e. The Hall–Kier alpha value is -3.26. The van der Waals surface area contributed by atoms with Gasteiger partial charge in [0, 0.05) is 38.1 Å². The average molecular weight is 435 g/mol. The van der Waals surface area contributed by atoms with Gasteiger partial charge in [0.25, 0.3) is 0 Å². The lowest BCUT2D eigenvalue weighted by Gasteiger charge is -2.32. The van der Waals surface area contributed by atoms with E-state index in [0.717, 1.165) is 36.6 Å². The van der Waals surface area contributed by atoms with Gasteiger partial charge in [0.2, 0.25) is 11.8 Å². The lowest BCUT2D eigenvalue weighted by molar-refractivity contribution is 0.440. The zero-order valence-electron chi connectivity index (χ0n) is 17.5. The summed E-state index contributed by atoms with van der Waals surface area (Å²) in [5.41, 5.74) is 1.04. The highest BCUT2D eigenvalue weighted by molar-refractivity contribution is 7.80. The number of thiocarbonyl (C=S) groups is 1. The largest absolute Gasteiger partial charge is 0.439 e. The quantitative estimate of drug-likeness (QED) is 0.554. The van der Waals surface area contributed by atoms with E-state index in [0.29, 0.717) is 29.4 Å². The summed E-state index contributed by atoms with van der Waals surface area (Å²) in [6.07, 6.45) is 5.93. The van der Waals surface area contributed by atoms with E-state index in [4.69, 9.17) is 21.9 Å². The molecule has 1 aromatic carbocycles. The molecule has 1 aliphatic heterocycles.